The van der Waals surface area contributed by atoms with Crippen molar-refractivity contribution < 1.29 is 8.78 Å². The van der Waals surface area contributed by atoms with E-state index >= 15 is 0 Å². The molecule has 1 aliphatic carbocycles. The van der Waals surface area contributed by atoms with Crippen LogP contribution in [0.1, 0.15) is 37.7 Å². The third kappa shape index (κ3) is 5.09. The van der Waals surface area contributed by atoms with Crippen molar-refractivity contribution in [2.45, 2.75) is 43.4 Å². The first-order chi connectivity index (χ1) is 11.0. The number of hydrogen-bond acceptors (Lipinski definition) is 2. The van der Waals surface area contributed by atoms with Crippen molar-refractivity contribution in [2.24, 2.45) is 4.99 Å². The smallest absolute Gasteiger partial charge is 0.191 e. The Hall–Kier alpha value is -1.30. The molecule has 3 atom stereocenters. The number of guanidine groups is 1. The average molecular weight is 341 g/mol. The monoisotopic (exact) mass is 341 g/mol. The summed E-state index contributed by atoms with van der Waals surface area (Å²) in [6.07, 6.45) is 5.70. The summed E-state index contributed by atoms with van der Waals surface area (Å²) in [5, 5.41) is 7.45. The third-order valence-corrected chi connectivity index (χ3v) is 5.47. The van der Waals surface area contributed by atoms with E-state index in [0.29, 0.717) is 12.6 Å². The molecule has 0 spiro atoms. The Bertz CT molecular complexity index is 551. The minimum absolute atomic E-state index is 0.0613. The Labute approximate surface area is 141 Å². The summed E-state index contributed by atoms with van der Waals surface area (Å²) < 4.78 is 26.3. The molecule has 2 rings (SSSR count). The van der Waals surface area contributed by atoms with Crippen molar-refractivity contribution >= 4 is 17.7 Å². The number of thioether (sulfide) groups is 1. The quantitative estimate of drug-likeness (QED) is 0.635. The standard InChI is InChI=1S/C17H25F2N3S/c1-11(12-4-7-15(18)16(19)8-12)10-21-17(20-2)22-13-5-6-14(9-13)23-3/h4,7-8,11,13-14H,5-6,9-10H2,1-3H3,(H2,20,21,22). The molecule has 1 aliphatic rings. The van der Waals surface area contributed by atoms with Gasteiger partial charge in [-0.15, -0.1) is 0 Å². The van der Waals surface area contributed by atoms with Crippen LogP contribution in [0.2, 0.25) is 0 Å². The maximum Gasteiger partial charge on any atom is 0.191 e. The number of nitrogens with zero attached hydrogens (tertiary/aromatic N) is 1. The van der Waals surface area contributed by atoms with E-state index in [4.69, 9.17) is 0 Å². The van der Waals surface area contributed by atoms with Crippen LogP contribution in [0.5, 0.6) is 0 Å². The van der Waals surface area contributed by atoms with E-state index in [9.17, 15) is 8.78 Å². The van der Waals surface area contributed by atoms with Gasteiger partial charge in [-0.25, -0.2) is 8.78 Å². The maximum atomic E-state index is 13.3. The molecule has 1 fully saturated rings. The molecule has 0 saturated heterocycles. The molecular formula is C17H25F2N3S. The minimum atomic E-state index is -0.809. The fraction of sp³-hybridized carbons (Fsp3) is 0.588. The lowest BCUT2D eigenvalue weighted by Gasteiger charge is -2.20. The largest absolute Gasteiger partial charge is 0.356 e. The lowest BCUT2D eigenvalue weighted by Crippen LogP contribution is -2.43. The molecule has 0 amide bonds. The summed E-state index contributed by atoms with van der Waals surface area (Å²) >= 11 is 1.92. The molecule has 0 bridgehead atoms. The maximum absolute atomic E-state index is 13.3. The van der Waals surface area contributed by atoms with Crippen LogP contribution in [0.3, 0.4) is 0 Å². The van der Waals surface area contributed by atoms with E-state index in [2.05, 4.69) is 21.9 Å². The molecule has 6 heteroatoms. The SMILES string of the molecule is CN=C(NCC(C)c1ccc(F)c(F)c1)NC1CCC(SC)C1. The molecule has 1 aromatic carbocycles. The summed E-state index contributed by atoms with van der Waals surface area (Å²) in [7, 11) is 1.75. The zero-order valence-electron chi connectivity index (χ0n) is 13.9. The second-order valence-electron chi connectivity index (χ2n) is 6.04. The molecule has 0 aliphatic heterocycles. The first-order valence-electron chi connectivity index (χ1n) is 7.98. The van der Waals surface area contributed by atoms with E-state index < -0.39 is 11.6 Å². The Morgan fingerprint density at radius 1 is 1.35 bits per heavy atom. The molecule has 23 heavy (non-hydrogen) atoms. The zero-order chi connectivity index (χ0) is 16.8. The van der Waals surface area contributed by atoms with E-state index in [1.54, 1.807) is 13.1 Å². The first kappa shape index (κ1) is 18.0. The Morgan fingerprint density at radius 3 is 2.74 bits per heavy atom. The first-order valence-corrected chi connectivity index (χ1v) is 9.27. The fourth-order valence-corrected chi connectivity index (χ4v) is 3.66. The summed E-state index contributed by atoms with van der Waals surface area (Å²) in [5.74, 6) is -0.778. The van der Waals surface area contributed by atoms with Crippen molar-refractivity contribution in [3.63, 3.8) is 0 Å². The lowest BCUT2D eigenvalue weighted by molar-refractivity contribution is 0.505. The molecule has 0 heterocycles. The summed E-state index contributed by atoms with van der Waals surface area (Å²) in [6.45, 7) is 2.59. The van der Waals surface area contributed by atoms with Crippen LogP contribution in [0.25, 0.3) is 0 Å². The topological polar surface area (TPSA) is 36.4 Å². The molecule has 2 N–H and O–H groups in total. The van der Waals surface area contributed by atoms with Gasteiger partial charge in [-0.2, -0.15) is 11.8 Å². The number of nitrogens with one attached hydrogen (secondary N) is 2. The highest BCUT2D eigenvalue weighted by Crippen LogP contribution is 2.28. The van der Waals surface area contributed by atoms with Crippen molar-refractivity contribution in [2.75, 3.05) is 19.8 Å². The van der Waals surface area contributed by atoms with Gasteiger partial charge in [0.1, 0.15) is 0 Å². The molecule has 3 unspecified atom stereocenters. The van der Waals surface area contributed by atoms with Crippen molar-refractivity contribution in [1.29, 1.82) is 0 Å². The number of halogens is 2. The van der Waals surface area contributed by atoms with E-state index in [-0.39, 0.29) is 5.92 Å². The van der Waals surface area contributed by atoms with Gasteiger partial charge in [-0.3, -0.25) is 4.99 Å². The van der Waals surface area contributed by atoms with Crippen molar-refractivity contribution in [3.8, 4) is 0 Å². The predicted octanol–water partition coefficient (Wildman–Crippen LogP) is 3.52. The van der Waals surface area contributed by atoms with Gasteiger partial charge in [0, 0.05) is 24.9 Å². The van der Waals surface area contributed by atoms with Crippen molar-refractivity contribution in [3.05, 3.63) is 35.4 Å². The molecule has 0 aromatic heterocycles. The molecule has 1 aromatic rings. The molecule has 128 valence electrons. The fourth-order valence-electron chi connectivity index (χ4n) is 2.86. The highest BCUT2D eigenvalue weighted by atomic mass is 32.2. The van der Waals surface area contributed by atoms with Crippen LogP contribution in [0, 0.1) is 11.6 Å². The van der Waals surface area contributed by atoms with E-state index in [0.717, 1.165) is 29.6 Å². The normalized spacial score (nSPS) is 22.9. The lowest BCUT2D eigenvalue weighted by atomic mass is 10.0. The average Bonchev–Trinajstić information content (AvgIpc) is 3.01. The van der Waals surface area contributed by atoms with Crippen LogP contribution in [0.15, 0.2) is 23.2 Å². The van der Waals surface area contributed by atoms with Crippen LogP contribution < -0.4 is 10.6 Å². The van der Waals surface area contributed by atoms with Gasteiger partial charge in [-0.05, 0) is 49.1 Å². The Morgan fingerprint density at radius 2 is 2.13 bits per heavy atom. The predicted molar refractivity (Wildman–Crippen MR) is 94.2 cm³/mol. The summed E-state index contributed by atoms with van der Waals surface area (Å²) in [5.41, 5.74) is 0.773. The van der Waals surface area contributed by atoms with Crippen LogP contribution in [-0.2, 0) is 0 Å². The van der Waals surface area contributed by atoms with Crippen LogP contribution in [-0.4, -0.2) is 37.1 Å². The van der Waals surface area contributed by atoms with Gasteiger partial charge in [0.2, 0.25) is 0 Å². The second kappa shape index (κ2) is 8.52. The van der Waals surface area contributed by atoms with Crippen molar-refractivity contribution in [1.82, 2.24) is 10.6 Å². The zero-order valence-corrected chi connectivity index (χ0v) is 14.7. The number of benzene rings is 1. The Balaban J connectivity index is 1.84. The van der Waals surface area contributed by atoms with Gasteiger partial charge >= 0.3 is 0 Å². The van der Waals surface area contributed by atoms with Gasteiger partial charge in [0.25, 0.3) is 0 Å². The number of aliphatic imine (C=N–C) groups is 1. The second-order valence-corrected chi connectivity index (χ2v) is 7.18. The molecular weight excluding hydrogens is 316 g/mol. The third-order valence-electron chi connectivity index (χ3n) is 4.37. The van der Waals surface area contributed by atoms with Crippen LogP contribution >= 0.6 is 11.8 Å². The summed E-state index contributed by atoms with van der Waals surface area (Å²) in [6, 6.07) is 4.52. The summed E-state index contributed by atoms with van der Waals surface area (Å²) in [4.78, 5) is 4.25. The number of rotatable bonds is 5. The number of hydrogen-bond donors (Lipinski definition) is 2. The van der Waals surface area contributed by atoms with Gasteiger partial charge in [0.05, 0.1) is 0 Å². The minimum Gasteiger partial charge on any atom is -0.356 e. The van der Waals surface area contributed by atoms with Crippen LogP contribution in [0.4, 0.5) is 8.78 Å². The van der Waals surface area contributed by atoms with Gasteiger partial charge in [-0.1, -0.05) is 13.0 Å². The van der Waals surface area contributed by atoms with Gasteiger partial charge < -0.3 is 10.6 Å². The van der Waals surface area contributed by atoms with Gasteiger partial charge in [0.15, 0.2) is 17.6 Å². The molecule has 0 radical (unpaired) electrons. The van der Waals surface area contributed by atoms with E-state index in [1.807, 2.05) is 18.7 Å². The molecule has 1 saturated carbocycles. The molecule has 3 nitrogen and oxygen atoms in total. The van der Waals surface area contributed by atoms with E-state index in [1.165, 1.54) is 18.6 Å². The highest BCUT2D eigenvalue weighted by Gasteiger charge is 2.24. The highest BCUT2D eigenvalue weighted by molar-refractivity contribution is 7.99. The Kier molecular flexibility index (Phi) is 6.69.